The normalized spacial score (nSPS) is 16.4. The minimum absolute atomic E-state index is 0.176. The third-order valence-corrected chi connectivity index (χ3v) is 3.90. The highest BCUT2D eigenvalue weighted by Gasteiger charge is 2.33. The van der Waals surface area contributed by atoms with Gasteiger partial charge in [-0.05, 0) is 39.7 Å². The molecule has 1 aliphatic carbocycles. The molecular weight excluding hydrogens is 282 g/mol. The molecule has 1 N–H and O–H groups in total. The van der Waals surface area contributed by atoms with Gasteiger partial charge in [0.15, 0.2) is 5.69 Å². The maximum absolute atomic E-state index is 12.5. The zero-order chi connectivity index (χ0) is 16.7. The first kappa shape index (κ1) is 16.5. The van der Waals surface area contributed by atoms with Gasteiger partial charge in [-0.3, -0.25) is 14.3 Å². The maximum atomic E-state index is 12.5. The minimum atomic E-state index is -0.904. The van der Waals surface area contributed by atoms with Crippen molar-refractivity contribution in [1.29, 1.82) is 0 Å². The van der Waals surface area contributed by atoms with Gasteiger partial charge in [-0.2, -0.15) is 5.10 Å². The lowest BCUT2D eigenvalue weighted by atomic mass is 10.1. The third kappa shape index (κ3) is 3.48. The van der Waals surface area contributed by atoms with E-state index < -0.39 is 11.9 Å². The monoisotopic (exact) mass is 307 g/mol. The van der Waals surface area contributed by atoms with Crippen molar-refractivity contribution in [2.45, 2.75) is 52.0 Å². The molecule has 0 radical (unpaired) electrons. The van der Waals surface area contributed by atoms with Crippen LogP contribution in [0.5, 0.6) is 0 Å². The van der Waals surface area contributed by atoms with E-state index in [4.69, 9.17) is 5.11 Å². The highest BCUT2D eigenvalue weighted by molar-refractivity contribution is 5.92. The van der Waals surface area contributed by atoms with Crippen LogP contribution in [0.4, 0.5) is 0 Å². The number of hydrogen-bond donors (Lipinski definition) is 1. The molecule has 6 nitrogen and oxygen atoms in total. The molecule has 1 fully saturated rings. The van der Waals surface area contributed by atoms with Gasteiger partial charge in [0, 0.05) is 25.2 Å². The highest BCUT2D eigenvalue weighted by atomic mass is 16.4. The van der Waals surface area contributed by atoms with Crippen molar-refractivity contribution < 1.29 is 14.7 Å². The molecule has 1 aromatic rings. The van der Waals surface area contributed by atoms with Crippen LogP contribution in [0.25, 0.3) is 0 Å². The van der Waals surface area contributed by atoms with Crippen LogP contribution in [0.15, 0.2) is 6.07 Å². The van der Waals surface area contributed by atoms with Crippen LogP contribution in [0.3, 0.4) is 0 Å². The average molecular weight is 307 g/mol. The fraction of sp³-hybridized carbons (Fsp3) is 0.688. The summed E-state index contributed by atoms with van der Waals surface area (Å²) in [6.07, 6.45) is 2.28. The van der Waals surface area contributed by atoms with Gasteiger partial charge in [0.25, 0.3) is 5.91 Å². The molecule has 0 bridgehead atoms. The fourth-order valence-electron chi connectivity index (χ4n) is 2.47. The summed E-state index contributed by atoms with van der Waals surface area (Å²) in [5, 5.41) is 13.5. The number of rotatable bonds is 5. The van der Waals surface area contributed by atoms with E-state index in [0.717, 1.165) is 18.5 Å². The Kier molecular flexibility index (Phi) is 4.31. The van der Waals surface area contributed by atoms with Gasteiger partial charge < -0.3 is 10.0 Å². The number of aliphatic carboxylic acids is 1. The zero-order valence-electron chi connectivity index (χ0n) is 14.0. The molecule has 1 heterocycles. The second-order valence-electron chi connectivity index (χ2n) is 7.24. The number of nitrogens with zero attached hydrogens (tertiary/aromatic N) is 3. The van der Waals surface area contributed by atoms with E-state index in [1.54, 1.807) is 14.0 Å². The molecule has 2 rings (SSSR count). The van der Waals surface area contributed by atoms with Gasteiger partial charge >= 0.3 is 5.97 Å². The molecule has 0 saturated heterocycles. The number of hydrogen-bond acceptors (Lipinski definition) is 3. The first-order valence-electron chi connectivity index (χ1n) is 7.70. The quantitative estimate of drug-likeness (QED) is 0.905. The van der Waals surface area contributed by atoms with E-state index in [2.05, 4.69) is 25.9 Å². The summed E-state index contributed by atoms with van der Waals surface area (Å²) in [5.41, 5.74) is 1.33. The molecule has 1 saturated carbocycles. The first-order chi connectivity index (χ1) is 10.1. The predicted octanol–water partition coefficient (Wildman–Crippen LogP) is 2.31. The summed E-state index contributed by atoms with van der Waals surface area (Å²) < 4.78 is 1.94. The van der Waals surface area contributed by atoms with E-state index in [0.29, 0.717) is 11.6 Å². The van der Waals surface area contributed by atoms with Gasteiger partial charge in [-0.15, -0.1) is 0 Å². The van der Waals surface area contributed by atoms with Gasteiger partial charge in [-0.25, -0.2) is 0 Å². The van der Waals surface area contributed by atoms with Gasteiger partial charge in [0.2, 0.25) is 0 Å². The Balaban J connectivity index is 2.21. The lowest BCUT2D eigenvalue weighted by Gasteiger charge is -2.22. The van der Waals surface area contributed by atoms with Crippen LogP contribution in [0.2, 0.25) is 0 Å². The molecule has 0 aliphatic heterocycles. The largest absolute Gasteiger partial charge is 0.481 e. The van der Waals surface area contributed by atoms with Gasteiger partial charge in [0.1, 0.15) is 0 Å². The van der Waals surface area contributed by atoms with Crippen molar-refractivity contribution in [2.75, 3.05) is 13.6 Å². The Morgan fingerprint density at radius 3 is 2.50 bits per heavy atom. The second-order valence-corrected chi connectivity index (χ2v) is 7.24. The maximum Gasteiger partial charge on any atom is 0.308 e. The third-order valence-electron chi connectivity index (χ3n) is 3.90. The number of carbonyl (C=O) groups is 2. The molecule has 1 aliphatic rings. The van der Waals surface area contributed by atoms with E-state index in [1.165, 1.54) is 4.90 Å². The Bertz CT molecular complexity index is 582. The van der Waals surface area contributed by atoms with Crippen molar-refractivity contribution in [3.05, 3.63) is 17.5 Å². The molecule has 1 atom stereocenters. The summed E-state index contributed by atoms with van der Waals surface area (Å²) in [7, 11) is 1.62. The Morgan fingerprint density at radius 2 is 2.05 bits per heavy atom. The molecule has 0 spiro atoms. The van der Waals surface area contributed by atoms with E-state index in [-0.39, 0.29) is 18.0 Å². The van der Waals surface area contributed by atoms with Crippen LogP contribution >= 0.6 is 0 Å². The smallest absolute Gasteiger partial charge is 0.308 e. The van der Waals surface area contributed by atoms with Crippen LogP contribution in [0, 0.1) is 5.92 Å². The summed E-state index contributed by atoms with van der Waals surface area (Å²) >= 11 is 0. The average Bonchev–Trinajstić information content (AvgIpc) is 3.14. The molecule has 22 heavy (non-hydrogen) atoms. The Hall–Kier alpha value is -1.85. The lowest BCUT2D eigenvalue weighted by molar-refractivity contribution is -0.141. The Morgan fingerprint density at radius 1 is 1.45 bits per heavy atom. The molecule has 122 valence electrons. The number of amides is 1. The second kappa shape index (κ2) is 5.74. The van der Waals surface area contributed by atoms with Gasteiger partial charge in [-0.1, -0.05) is 6.92 Å². The number of carbonyl (C=O) groups excluding carboxylic acids is 1. The van der Waals surface area contributed by atoms with E-state index >= 15 is 0 Å². The van der Waals surface area contributed by atoms with Gasteiger partial charge in [0.05, 0.1) is 11.5 Å². The lowest BCUT2D eigenvalue weighted by Crippen LogP contribution is -2.34. The molecule has 6 heteroatoms. The summed E-state index contributed by atoms with van der Waals surface area (Å²) in [5.74, 6) is -1.23. The van der Waals surface area contributed by atoms with Crippen LogP contribution in [-0.4, -0.2) is 45.3 Å². The SMILES string of the molecule is C[C@H](CN(C)C(=O)c1cc(C2CC2)n(C(C)(C)C)n1)C(=O)O. The first-order valence-corrected chi connectivity index (χ1v) is 7.70. The molecule has 1 aromatic heterocycles. The standard InChI is InChI=1S/C16H25N3O3/c1-10(15(21)22)9-18(5)14(20)12-8-13(11-6-7-11)19(17-12)16(2,3)4/h8,10-11H,6-7,9H2,1-5H3,(H,21,22)/t10-/m1/s1. The van der Waals surface area contributed by atoms with Crippen LogP contribution in [-0.2, 0) is 10.3 Å². The summed E-state index contributed by atoms with van der Waals surface area (Å²) in [4.78, 5) is 24.9. The number of carboxylic acids is 1. The van der Waals surface area contributed by atoms with Crippen LogP contribution < -0.4 is 0 Å². The molecular formula is C16H25N3O3. The number of aromatic nitrogens is 2. The molecule has 1 amide bonds. The Labute approximate surface area is 131 Å². The van der Waals surface area contributed by atoms with E-state index in [1.807, 2.05) is 10.7 Å². The highest BCUT2D eigenvalue weighted by Crippen LogP contribution is 2.41. The van der Waals surface area contributed by atoms with Crippen molar-refractivity contribution >= 4 is 11.9 Å². The summed E-state index contributed by atoms with van der Waals surface area (Å²) in [6, 6.07) is 1.87. The van der Waals surface area contributed by atoms with Crippen molar-refractivity contribution in [1.82, 2.24) is 14.7 Å². The predicted molar refractivity (Wildman–Crippen MR) is 83.0 cm³/mol. The molecule has 0 aromatic carbocycles. The van der Waals surface area contributed by atoms with Crippen molar-refractivity contribution in [3.63, 3.8) is 0 Å². The van der Waals surface area contributed by atoms with Crippen molar-refractivity contribution in [3.8, 4) is 0 Å². The van der Waals surface area contributed by atoms with Crippen LogP contribution in [0.1, 0.15) is 62.6 Å². The summed E-state index contributed by atoms with van der Waals surface area (Å²) in [6.45, 7) is 7.97. The van der Waals surface area contributed by atoms with Crippen molar-refractivity contribution in [2.24, 2.45) is 5.92 Å². The zero-order valence-corrected chi connectivity index (χ0v) is 14.0. The fourth-order valence-corrected chi connectivity index (χ4v) is 2.47. The number of carboxylic acid groups (broad SMARTS) is 1. The molecule has 0 unspecified atom stereocenters. The topological polar surface area (TPSA) is 75.4 Å². The minimum Gasteiger partial charge on any atom is -0.481 e. The van der Waals surface area contributed by atoms with E-state index in [9.17, 15) is 9.59 Å².